The third-order valence-corrected chi connectivity index (χ3v) is 7.06. The van der Waals surface area contributed by atoms with E-state index in [4.69, 9.17) is 9.72 Å². The Labute approximate surface area is 219 Å². The number of alkyl halides is 1. The summed E-state index contributed by atoms with van der Waals surface area (Å²) >= 11 is 0. The lowest BCUT2D eigenvalue weighted by Gasteiger charge is -2.32. The second kappa shape index (κ2) is 13.9. The summed E-state index contributed by atoms with van der Waals surface area (Å²) in [5, 5.41) is 10.2. The topological polar surface area (TPSA) is 104 Å². The molecule has 0 atom stereocenters. The highest BCUT2D eigenvalue weighted by molar-refractivity contribution is 5.76. The van der Waals surface area contributed by atoms with Gasteiger partial charge in [0.25, 0.3) is 0 Å². The molecule has 9 nitrogen and oxygen atoms in total. The van der Waals surface area contributed by atoms with E-state index in [-0.39, 0.29) is 11.9 Å². The van der Waals surface area contributed by atoms with Crippen LogP contribution in [-0.4, -0.2) is 57.8 Å². The minimum Gasteiger partial charge on any atom is -0.463 e. The quantitative estimate of drug-likeness (QED) is 0.331. The third kappa shape index (κ3) is 8.43. The Balaban J connectivity index is 1.45. The van der Waals surface area contributed by atoms with Gasteiger partial charge in [0.1, 0.15) is 5.75 Å². The second-order valence-corrected chi connectivity index (χ2v) is 9.95. The van der Waals surface area contributed by atoms with Crippen molar-refractivity contribution in [3.63, 3.8) is 0 Å². The van der Waals surface area contributed by atoms with Crippen LogP contribution in [0.2, 0.25) is 0 Å². The van der Waals surface area contributed by atoms with Crippen molar-refractivity contribution < 1.29 is 13.9 Å². The molecule has 202 valence electrons. The lowest BCUT2D eigenvalue weighted by molar-refractivity contribution is -0.132. The number of anilines is 4. The van der Waals surface area contributed by atoms with Gasteiger partial charge in [-0.05, 0) is 44.2 Å². The average Bonchev–Trinajstić information content (AvgIpc) is 3.17. The fourth-order valence-corrected chi connectivity index (χ4v) is 4.96. The highest BCUT2D eigenvalue weighted by Gasteiger charge is 2.23. The van der Waals surface area contributed by atoms with Gasteiger partial charge in [-0.3, -0.25) is 4.79 Å². The van der Waals surface area contributed by atoms with Gasteiger partial charge in [-0.2, -0.15) is 15.0 Å². The molecule has 0 unspecified atom stereocenters. The number of carbonyl (C=O) groups excluding carboxylic acids is 1. The number of piperidine rings is 1. The number of ether oxygens (including phenoxy) is 1. The Morgan fingerprint density at radius 2 is 1.62 bits per heavy atom. The van der Waals surface area contributed by atoms with Crippen LogP contribution in [-0.2, 0) is 4.79 Å². The summed E-state index contributed by atoms with van der Waals surface area (Å²) in [5.74, 6) is 2.12. The molecule has 10 heteroatoms. The zero-order valence-corrected chi connectivity index (χ0v) is 21.8. The van der Waals surface area contributed by atoms with Crippen LogP contribution >= 0.6 is 0 Å². The van der Waals surface area contributed by atoms with Crippen LogP contribution in [0, 0.1) is 0 Å². The number of carbonyl (C=O) groups is 1. The number of halogens is 1. The SMILES string of the molecule is CCCCC(=O)N1CCC(Nc2nc(Nc3cccc(OCF)c3)nc(NC3CCCCCC3)n2)CC1. The van der Waals surface area contributed by atoms with E-state index in [0.717, 1.165) is 51.6 Å². The highest BCUT2D eigenvalue weighted by atomic mass is 19.1. The van der Waals surface area contributed by atoms with Gasteiger partial charge >= 0.3 is 0 Å². The molecule has 0 spiro atoms. The van der Waals surface area contributed by atoms with Gasteiger partial charge in [0.2, 0.25) is 30.6 Å². The Morgan fingerprint density at radius 1 is 0.973 bits per heavy atom. The predicted octanol–water partition coefficient (Wildman–Crippen LogP) is 5.65. The molecule has 1 amide bonds. The van der Waals surface area contributed by atoms with Gasteiger partial charge < -0.3 is 25.6 Å². The van der Waals surface area contributed by atoms with Gasteiger partial charge in [0.05, 0.1) is 0 Å². The Kier molecular flexibility index (Phi) is 10.1. The molecule has 1 aliphatic heterocycles. The van der Waals surface area contributed by atoms with Gasteiger partial charge in [0.15, 0.2) is 0 Å². The molecule has 2 aromatic rings. The number of likely N-dealkylation sites (tertiary alicyclic amines) is 1. The number of aromatic nitrogens is 3. The summed E-state index contributed by atoms with van der Waals surface area (Å²) in [5.41, 5.74) is 0.697. The van der Waals surface area contributed by atoms with E-state index in [1.54, 1.807) is 18.2 Å². The fourth-order valence-electron chi connectivity index (χ4n) is 4.96. The first kappa shape index (κ1) is 26.9. The van der Waals surface area contributed by atoms with Crippen LogP contribution in [0.15, 0.2) is 24.3 Å². The lowest BCUT2D eigenvalue weighted by Crippen LogP contribution is -2.42. The van der Waals surface area contributed by atoms with Crippen molar-refractivity contribution in [3.8, 4) is 5.75 Å². The smallest absolute Gasteiger partial charge is 0.233 e. The molecular formula is C27H40FN7O2. The van der Waals surface area contributed by atoms with Crippen LogP contribution in [0.4, 0.5) is 27.9 Å². The summed E-state index contributed by atoms with van der Waals surface area (Å²) < 4.78 is 17.6. The maximum atomic E-state index is 12.6. The van der Waals surface area contributed by atoms with E-state index in [2.05, 4.69) is 32.8 Å². The molecule has 37 heavy (non-hydrogen) atoms. The number of amides is 1. The highest BCUT2D eigenvalue weighted by Crippen LogP contribution is 2.24. The first-order valence-corrected chi connectivity index (χ1v) is 13.8. The monoisotopic (exact) mass is 513 g/mol. The summed E-state index contributed by atoms with van der Waals surface area (Å²) in [4.78, 5) is 28.3. The zero-order chi connectivity index (χ0) is 25.9. The molecule has 1 aliphatic carbocycles. The van der Waals surface area contributed by atoms with Crippen molar-refractivity contribution in [2.75, 3.05) is 35.9 Å². The third-order valence-electron chi connectivity index (χ3n) is 7.06. The van der Waals surface area contributed by atoms with Crippen molar-refractivity contribution in [1.82, 2.24) is 19.9 Å². The number of hydrogen-bond donors (Lipinski definition) is 3. The van der Waals surface area contributed by atoms with E-state index >= 15 is 0 Å². The van der Waals surface area contributed by atoms with Crippen molar-refractivity contribution in [2.45, 2.75) is 89.6 Å². The molecule has 3 N–H and O–H groups in total. The van der Waals surface area contributed by atoms with Crippen LogP contribution in [0.25, 0.3) is 0 Å². The molecule has 1 aromatic heterocycles. The molecule has 1 saturated carbocycles. The van der Waals surface area contributed by atoms with E-state index in [0.29, 0.717) is 41.7 Å². The van der Waals surface area contributed by atoms with Crippen LogP contribution in [0.3, 0.4) is 0 Å². The standard InChI is InChI=1S/C27H40FN7O2/c1-2-3-13-24(36)35-16-14-21(15-17-35)30-26-32-25(29-20-9-6-4-5-7-10-20)33-27(34-26)31-22-11-8-12-23(18-22)37-19-28/h8,11-12,18,20-21H,2-7,9-10,13-17,19H2,1H3,(H3,29,30,31,32,33,34). The lowest BCUT2D eigenvalue weighted by atomic mass is 10.0. The number of unbranched alkanes of at least 4 members (excludes halogenated alkanes) is 1. The number of benzene rings is 1. The van der Waals surface area contributed by atoms with Crippen molar-refractivity contribution in [2.24, 2.45) is 0 Å². The zero-order valence-electron chi connectivity index (χ0n) is 21.8. The average molecular weight is 514 g/mol. The fraction of sp³-hybridized carbons (Fsp3) is 0.630. The number of nitrogens with zero attached hydrogens (tertiary/aromatic N) is 4. The Morgan fingerprint density at radius 3 is 2.27 bits per heavy atom. The number of hydrogen-bond acceptors (Lipinski definition) is 8. The maximum Gasteiger partial charge on any atom is 0.233 e. The molecule has 0 bridgehead atoms. The maximum absolute atomic E-state index is 12.6. The van der Waals surface area contributed by atoms with Crippen molar-refractivity contribution in [1.29, 1.82) is 0 Å². The van der Waals surface area contributed by atoms with Gasteiger partial charge in [-0.15, -0.1) is 0 Å². The summed E-state index contributed by atoms with van der Waals surface area (Å²) in [6, 6.07) is 7.56. The van der Waals surface area contributed by atoms with E-state index in [1.807, 2.05) is 11.0 Å². The van der Waals surface area contributed by atoms with Crippen LogP contribution in [0.1, 0.15) is 77.6 Å². The summed E-state index contributed by atoms with van der Waals surface area (Å²) in [6.45, 7) is 2.70. The van der Waals surface area contributed by atoms with Gasteiger partial charge in [0, 0.05) is 43.3 Å². The summed E-state index contributed by atoms with van der Waals surface area (Å²) in [7, 11) is 0. The van der Waals surface area contributed by atoms with E-state index in [9.17, 15) is 9.18 Å². The van der Waals surface area contributed by atoms with Crippen LogP contribution in [0.5, 0.6) is 5.75 Å². The van der Waals surface area contributed by atoms with E-state index < -0.39 is 6.86 Å². The molecule has 0 radical (unpaired) electrons. The Hall–Kier alpha value is -3.17. The Bertz CT molecular complexity index is 992. The molecule has 4 rings (SSSR count). The minimum absolute atomic E-state index is 0.178. The molecule has 1 saturated heterocycles. The first-order valence-electron chi connectivity index (χ1n) is 13.8. The van der Waals surface area contributed by atoms with Crippen molar-refractivity contribution in [3.05, 3.63) is 24.3 Å². The molecule has 2 fully saturated rings. The predicted molar refractivity (Wildman–Crippen MR) is 144 cm³/mol. The van der Waals surface area contributed by atoms with Gasteiger partial charge in [-0.1, -0.05) is 45.1 Å². The van der Waals surface area contributed by atoms with Crippen molar-refractivity contribution >= 4 is 29.4 Å². The normalized spacial score (nSPS) is 17.2. The molecule has 2 aliphatic rings. The molecule has 2 heterocycles. The van der Waals surface area contributed by atoms with E-state index in [1.165, 1.54) is 25.7 Å². The molecule has 1 aromatic carbocycles. The summed E-state index contributed by atoms with van der Waals surface area (Å²) in [6.07, 6.45) is 11.4. The largest absolute Gasteiger partial charge is 0.463 e. The molecular weight excluding hydrogens is 473 g/mol. The van der Waals surface area contributed by atoms with Crippen LogP contribution < -0.4 is 20.7 Å². The first-order chi connectivity index (χ1) is 18.1. The second-order valence-electron chi connectivity index (χ2n) is 9.95. The minimum atomic E-state index is -0.887. The number of rotatable bonds is 11. The number of nitrogens with one attached hydrogen (secondary N) is 3. The van der Waals surface area contributed by atoms with Gasteiger partial charge in [-0.25, -0.2) is 4.39 Å².